The number of carbonyl (C=O) groups is 1. The van der Waals surface area contributed by atoms with Crippen LogP contribution in [0.1, 0.15) is 41.5 Å². The molecule has 0 amide bonds. The number of fused-ring (bicyclic) bond motifs is 1. The van der Waals surface area contributed by atoms with Gasteiger partial charge in [0.1, 0.15) is 5.82 Å². The van der Waals surface area contributed by atoms with Gasteiger partial charge in [-0.15, -0.1) is 0 Å². The van der Waals surface area contributed by atoms with Gasteiger partial charge in [-0.1, -0.05) is 25.5 Å². The van der Waals surface area contributed by atoms with Crippen molar-refractivity contribution in [1.82, 2.24) is 14.5 Å². The van der Waals surface area contributed by atoms with Crippen LogP contribution in [0.15, 0.2) is 42.7 Å². The number of aryl methyl sites for hydroxylation is 1. The van der Waals surface area contributed by atoms with E-state index in [1.807, 2.05) is 24.4 Å². The Labute approximate surface area is 134 Å². The molecule has 0 saturated carbocycles. The standard InChI is InChI=1S/C18H19N3O2/c1-2-3-4-17-20-15-9-10-19-11-16(15)21(17)12-13-5-7-14(8-6-13)18(22)23/h5-11H,2-4,12H2,1H3,(H,22,23). The summed E-state index contributed by atoms with van der Waals surface area (Å²) in [5.41, 5.74) is 3.32. The van der Waals surface area contributed by atoms with Crippen LogP contribution in [0.2, 0.25) is 0 Å². The maximum absolute atomic E-state index is 11.0. The lowest BCUT2D eigenvalue weighted by atomic mass is 10.1. The molecule has 0 aliphatic carbocycles. The third-order valence-electron chi connectivity index (χ3n) is 3.93. The Balaban J connectivity index is 1.95. The number of pyridine rings is 1. The zero-order valence-electron chi connectivity index (χ0n) is 13.1. The summed E-state index contributed by atoms with van der Waals surface area (Å²) >= 11 is 0. The summed E-state index contributed by atoms with van der Waals surface area (Å²) in [6.45, 7) is 2.83. The van der Waals surface area contributed by atoms with Crippen LogP contribution in [-0.4, -0.2) is 25.6 Å². The molecule has 2 heterocycles. The van der Waals surface area contributed by atoms with Gasteiger partial charge < -0.3 is 9.67 Å². The monoisotopic (exact) mass is 309 g/mol. The van der Waals surface area contributed by atoms with Gasteiger partial charge in [-0.2, -0.15) is 0 Å². The minimum absolute atomic E-state index is 0.303. The largest absolute Gasteiger partial charge is 0.478 e. The van der Waals surface area contributed by atoms with E-state index in [1.54, 1.807) is 18.3 Å². The number of hydrogen-bond donors (Lipinski definition) is 1. The molecule has 1 N–H and O–H groups in total. The van der Waals surface area contributed by atoms with Crippen LogP contribution in [0.5, 0.6) is 0 Å². The minimum atomic E-state index is -0.905. The number of hydrogen-bond acceptors (Lipinski definition) is 3. The van der Waals surface area contributed by atoms with Crippen LogP contribution in [0, 0.1) is 0 Å². The first-order valence-corrected chi connectivity index (χ1v) is 7.80. The molecular weight excluding hydrogens is 290 g/mol. The van der Waals surface area contributed by atoms with E-state index in [1.165, 1.54) is 0 Å². The van der Waals surface area contributed by atoms with Gasteiger partial charge in [-0.3, -0.25) is 4.98 Å². The normalized spacial score (nSPS) is 11.0. The van der Waals surface area contributed by atoms with Gasteiger partial charge in [0, 0.05) is 19.2 Å². The summed E-state index contributed by atoms with van der Waals surface area (Å²) in [5.74, 6) is 0.148. The van der Waals surface area contributed by atoms with Gasteiger partial charge in [0.2, 0.25) is 0 Å². The summed E-state index contributed by atoms with van der Waals surface area (Å²) in [6.07, 6.45) is 6.73. The lowest BCUT2D eigenvalue weighted by Gasteiger charge is -2.09. The highest BCUT2D eigenvalue weighted by molar-refractivity contribution is 5.87. The predicted octanol–water partition coefficient (Wildman–Crippen LogP) is 3.52. The van der Waals surface area contributed by atoms with Gasteiger partial charge in [-0.25, -0.2) is 9.78 Å². The molecule has 0 spiro atoms. The van der Waals surface area contributed by atoms with Gasteiger partial charge in [-0.05, 0) is 30.2 Å². The van der Waals surface area contributed by atoms with Gasteiger partial charge in [0.05, 0.1) is 22.8 Å². The predicted molar refractivity (Wildman–Crippen MR) is 88.6 cm³/mol. The molecule has 0 fully saturated rings. The van der Waals surface area contributed by atoms with Crippen molar-refractivity contribution in [3.05, 3.63) is 59.7 Å². The highest BCUT2D eigenvalue weighted by Gasteiger charge is 2.11. The molecule has 118 valence electrons. The number of unbranched alkanes of at least 4 members (excludes halogenated alkanes) is 1. The second-order valence-electron chi connectivity index (χ2n) is 5.58. The molecule has 5 heteroatoms. The molecule has 23 heavy (non-hydrogen) atoms. The quantitative estimate of drug-likeness (QED) is 0.756. The van der Waals surface area contributed by atoms with E-state index in [9.17, 15) is 4.79 Å². The van der Waals surface area contributed by atoms with Crippen molar-refractivity contribution in [2.75, 3.05) is 0 Å². The van der Waals surface area contributed by atoms with E-state index in [-0.39, 0.29) is 0 Å². The molecule has 1 aromatic carbocycles. The maximum Gasteiger partial charge on any atom is 0.335 e. The Kier molecular flexibility index (Phi) is 4.37. The molecule has 0 aliphatic heterocycles. The summed E-state index contributed by atoms with van der Waals surface area (Å²) in [4.78, 5) is 19.9. The molecule has 5 nitrogen and oxygen atoms in total. The number of aromatic nitrogens is 3. The zero-order valence-corrected chi connectivity index (χ0v) is 13.1. The molecule has 3 aromatic rings. The third-order valence-corrected chi connectivity index (χ3v) is 3.93. The van der Waals surface area contributed by atoms with Crippen LogP contribution in [-0.2, 0) is 13.0 Å². The Morgan fingerprint density at radius 2 is 2.00 bits per heavy atom. The summed E-state index contributed by atoms with van der Waals surface area (Å²) in [7, 11) is 0. The molecule has 0 unspecified atom stereocenters. The summed E-state index contributed by atoms with van der Waals surface area (Å²) < 4.78 is 2.17. The lowest BCUT2D eigenvalue weighted by Crippen LogP contribution is -2.06. The highest BCUT2D eigenvalue weighted by Crippen LogP contribution is 2.19. The van der Waals surface area contributed by atoms with E-state index >= 15 is 0 Å². The van der Waals surface area contributed by atoms with Crippen molar-refractivity contribution in [3.63, 3.8) is 0 Å². The molecule has 0 atom stereocenters. The van der Waals surface area contributed by atoms with Crippen molar-refractivity contribution in [1.29, 1.82) is 0 Å². The van der Waals surface area contributed by atoms with Crippen molar-refractivity contribution < 1.29 is 9.90 Å². The number of aromatic carboxylic acids is 1. The van der Waals surface area contributed by atoms with E-state index in [4.69, 9.17) is 10.1 Å². The average Bonchev–Trinajstić information content (AvgIpc) is 2.91. The van der Waals surface area contributed by atoms with Crippen molar-refractivity contribution in [2.24, 2.45) is 0 Å². The SMILES string of the molecule is CCCCc1nc2ccncc2n1Cc1ccc(C(=O)O)cc1. The van der Waals surface area contributed by atoms with E-state index in [0.29, 0.717) is 12.1 Å². The second-order valence-corrected chi connectivity index (χ2v) is 5.58. The number of nitrogens with zero attached hydrogens (tertiary/aromatic N) is 3. The van der Waals surface area contributed by atoms with Crippen LogP contribution in [0.3, 0.4) is 0 Å². The fraction of sp³-hybridized carbons (Fsp3) is 0.278. The molecule has 0 bridgehead atoms. The van der Waals surface area contributed by atoms with Crippen LogP contribution < -0.4 is 0 Å². The molecule has 3 rings (SSSR count). The Bertz CT molecular complexity index is 822. The zero-order chi connectivity index (χ0) is 16.2. The Hall–Kier alpha value is -2.69. The molecule has 0 saturated heterocycles. The molecule has 0 radical (unpaired) electrons. The van der Waals surface area contributed by atoms with Crippen molar-refractivity contribution in [2.45, 2.75) is 32.7 Å². The summed E-state index contributed by atoms with van der Waals surface area (Å²) in [5, 5.41) is 8.99. The highest BCUT2D eigenvalue weighted by atomic mass is 16.4. The fourth-order valence-electron chi connectivity index (χ4n) is 2.66. The maximum atomic E-state index is 11.0. The number of carboxylic acids is 1. The molecular formula is C18H19N3O2. The third kappa shape index (κ3) is 3.23. The smallest absolute Gasteiger partial charge is 0.335 e. The van der Waals surface area contributed by atoms with Crippen LogP contribution in [0.25, 0.3) is 11.0 Å². The first-order valence-electron chi connectivity index (χ1n) is 7.80. The summed E-state index contributed by atoms with van der Waals surface area (Å²) in [6, 6.07) is 8.92. The van der Waals surface area contributed by atoms with Crippen molar-refractivity contribution >= 4 is 17.0 Å². The minimum Gasteiger partial charge on any atom is -0.478 e. The van der Waals surface area contributed by atoms with Gasteiger partial charge in [0.15, 0.2) is 0 Å². The number of rotatable bonds is 6. The Morgan fingerprint density at radius 1 is 1.22 bits per heavy atom. The Morgan fingerprint density at radius 3 is 2.70 bits per heavy atom. The average molecular weight is 309 g/mol. The number of imidazole rings is 1. The van der Waals surface area contributed by atoms with Gasteiger partial charge >= 0.3 is 5.97 Å². The fourth-order valence-corrected chi connectivity index (χ4v) is 2.66. The van der Waals surface area contributed by atoms with E-state index in [0.717, 1.165) is 41.7 Å². The lowest BCUT2D eigenvalue weighted by molar-refractivity contribution is 0.0697. The first-order chi connectivity index (χ1) is 11.2. The van der Waals surface area contributed by atoms with Gasteiger partial charge in [0.25, 0.3) is 0 Å². The van der Waals surface area contributed by atoms with Crippen LogP contribution >= 0.6 is 0 Å². The topological polar surface area (TPSA) is 68.0 Å². The first kappa shape index (κ1) is 15.2. The second kappa shape index (κ2) is 6.60. The number of benzene rings is 1. The van der Waals surface area contributed by atoms with E-state index < -0.39 is 5.97 Å². The van der Waals surface area contributed by atoms with Crippen molar-refractivity contribution in [3.8, 4) is 0 Å². The van der Waals surface area contributed by atoms with E-state index in [2.05, 4.69) is 16.5 Å². The van der Waals surface area contributed by atoms with Crippen LogP contribution in [0.4, 0.5) is 0 Å². The number of carboxylic acid groups (broad SMARTS) is 1. The molecule has 0 aliphatic rings. The molecule has 2 aromatic heterocycles.